The van der Waals surface area contributed by atoms with Gasteiger partial charge in [0.1, 0.15) is 0 Å². The summed E-state index contributed by atoms with van der Waals surface area (Å²) in [4.78, 5) is 11.1. The number of rotatable bonds is 1. The molecule has 1 aromatic carbocycles. The number of hydrogen-bond acceptors (Lipinski definition) is 3. The molecule has 12 heavy (non-hydrogen) atoms. The summed E-state index contributed by atoms with van der Waals surface area (Å²) in [6, 6.07) is 5.13. The molecule has 0 spiro atoms. The van der Waals surface area contributed by atoms with E-state index in [1.165, 1.54) is 0 Å². The van der Waals surface area contributed by atoms with Crippen LogP contribution < -0.4 is 17.0 Å². The normalized spacial score (nSPS) is 9.50. The van der Waals surface area contributed by atoms with E-state index < -0.39 is 0 Å². The molecule has 0 atom stereocenters. The number of nitrogen functional groups attached to an aromatic ring is 2. The molecule has 0 aliphatic heterocycles. The predicted octanol–water partition coefficient (Wildman–Crippen LogP) is 0.181. The average Bonchev–Trinajstić information content (AvgIpc) is 2.08. The first kappa shape index (κ1) is 8.55. The summed E-state index contributed by atoms with van der Waals surface area (Å²) < 4.78 is 0. The summed E-state index contributed by atoms with van der Waals surface area (Å²) in [5, 5.41) is 0. The number of nitrogens with two attached hydrogens (primary N) is 2. The number of nitrogens with one attached hydrogen (secondary N) is 1. The van der Waals surface area contributed by atoms with Crippen molar-refractivity contribution in [3.05, 3.63) is 29.3 Å². The highest BCUT2D eigenvalue weighted by Crippen LogP contribution is 2.14. The van der Waals surface area contributed by atoms with Crippen molar-refractivity contribution in [1.29, 1.82) is 0 Å². The van der Waals surface area contributed by atoms with Gasteiger partial charge in [-0.15, -0.1) is 0 Å². The molecule has 4 heteroatoms. The largest absolute Gasteiger partial charge is 0.398 e. The van der Waals surface area contributed by atoms with Crippen LogP contribution in [0, 0.1) is 6.92 Å². The van der Waals surface area contributed by atoms with Crippen molar-refractivity contribution in [1.82, 2.24) is 5.43 Å². The molecule has 0 saturated heterocycles. The quantitative estimate of drug-likeness (QED) is 0.240. The Morgan fingerprint density at radius 2 is 2.17 bits per heavy atom. The Morgan fingerprint density at radius 3 is 2.75 bits per heavy atom. The van der Waals surface area contributed by atoms with E-state index >= 15 is 0 Å². The van der Waals surface area contributed by atoms with Crippen molar-refractivity contribution in [2.45, 2.75) is 6.92 Å². The summed E-state index contributed by atoms with van der Waals surface area (Å²) in [6.07, 6.45) is 0. The monoisotopic (exact) mass is 165 g/mol. The Bertz CT molecular complexity index is 309. The second-order valence-corrected chi connectivity index (χ2v) is 2.49. The third-order valence-corrected chi connectivity index (χ3v) is 1.75. The lowest BCUT2D eigenvalue weighted by atomic mass is 10.1. The van der Waals surface area contributed by atoms with E-state index in [2.05, 4.69) is 5.43 Å². The molecule has 0 aliphatic rings. The van der Waals surface area contributed by atoms with Gasteiger partial charge < -0.3 is 5.73 Å². The third kappa shape index (κ3) is 1.38. The zero-order valence-corrected chi connectivity index (χ0v) is 6.79. The van der Waals surface area contributed by atoms with Crippen LogP contribution in [0.2, 0.25) is 0 Å². The molecule has 0 aromatic heterocycles. The first-order valence-electron chi connectivity index (χ1n) is 3.53. The van der Waals surface area contributed by atoms with Gasteiger partial charge in [0.15, 0.2) is 0 Å². The number of anilines is 1. The molecule has 0 unspecified atom stereocenters. The Labute approximate surface area is 70.5 Å². The van der Waals surface area contributed by atoms with Gasteiger partial charge in [0.25, 0.3) is 5.91 Å². The molecular weight excluding hydrogens is 154 g/mol. The van der Waals surface area contributed by atoms with Crippen LogP contribution in [0.5, 0.6) is 0 Å². The smallest absolute Gasteiger partial charge is 0.265 e. The average molecular weight is 165 g/mol. The lowest BCUT2D eigenvalue weighted by molar-refractivity contribution is 0.0953. The minimum atomic E-state index is -0.320. The fraction of sp³-hybridized carbons (Fsp3) is 0.125. The highest BCUT2D eigenvalue weighted by Gasteiger charge is 2.07. The molecule has 64 valence electrons. The number of benzene rings is 1. The Morgan fingerprint density at radius 1 is 1.50 bits per heavy atom. The van der Waals surface area contributed by atoms with Gasteiger partial charge in [-0.25, -0.2) is 5.84 Å². The van der Waals surface area contributed by atoms with Crippen LogP contribution >= 0.6 is 0 Å². The van der Waals surface area contributed by atoms with Crippen molar-refractivity contribution in [2.24, 2.45) is 5.84 Å². The number of carbonyl (C=O) groups excluding carboxylic acids is 1. The van der Waals surface area contributed by atoms with Gasteiger partial charge in [0.05, 0.1) is 0 Å². The first-order valence-corrected chi connectivity index (χ1v) is 3.53. The number of amides is 1. The molecule has 0 radical (unpaired) electrons. The lowest BCUT2D eigenvalue weighted by Gasteiger charge is -2.05. The fourth-order valence-electron chi connectivity index (χ4n) is 0.977. The maximum Gasteiger partial charge on any atom is 0.265 e. The molecule has 0 bridgehead atoms. The van der Waals surface area contributed by atoms with Crippen LogP contribution in [-0.2, 0) is 0 Å². The first-order chi connectivity index (χ1) is 5.66. The van der Waals surface area contributed by atoms with Gasteiger partial charge in [-0.3, -0.25) is 10.2 Å². The van der Waals surface area contributed by atoms with Gasteiger partial charge in [-0.2, -0.15) is 0 Å². The summed E-state index contributed by atoms with van der Waals surface area (Å²) >= 11 is 0. The molecule has 1 aromatic rings. The maximum absolute atomic E-state index is 11.1. The molecule has 4 nitrogen and oxygen atoms in total. The Kier molecular flexibility index (Phi) is 2.30. The van der Waals surface area contributed by atoms with E-state index in [1.807, 2.05) is 0 Å². The minimum Gasteiger partial charge on any atom is -0.398 e. The molecule has 1 rings (SSSR count). The van der Waals surface area contributed by atoms with E-state index in [0.29, 0.717) is 11.3 Å². The fourth-order valence-corrected chi connectivity index (χ4v) is 0.977. The summed E-state index contributed by atoms with van der Waals surface area (Å²) in [5.41, 5.74) is 9.50. The molecule has 0 heterocycles. The molecule has 0 fully saturated rings. The number of hydrogen-bond donors (Lipinski definition) is 3. The summed E-state index contributed by atoms with van der Waals surface area (Å²) in [6.45, 7) is 1.78. The van der Waals surface area contributed by atoms with Crippen LogP contribution in [0.1, 0.15) is 15.9 Å². The van der Waals surface area contributed by atoms with Crippen LogP contribution in [0.3, 0.4) is 0 Å². The van der Waals surface area contributed by atoms with E-state index in [4.69, 9.17) is 11.6 Å². The second kappa shape index (κ2) is 3.23. The van der Waals surface area contributed by atoms with Crippen molar-refractivity contribution in [2.75, 3.05) is 5.73 Å². The van der Waals surface area contributed by atoms with Crippen LogP contribution in [0.15, 0.2) is 18.2 Å². The predicted molar refractivity (Wildman–Crippen MR) is 47.2 cm³/mol. The zero-order valence-electron chi connectivity index (χ0n) is 6.79. The van der Waals surface area contributed by atoms with Gasteiger partial charge in [-0.1, -0.05) is 6.07 Å². The van der Waals surface area contributed by atoms with Crippen LogP contribution in [-0.4, -0.2) is 5.91 Å². The van der Waals surface area contributed by atoms with Gasteiger partial charge in [0.2, 0.25) is 0 Å². The number of hydrazine groups is 1. The Hall–Kier alpha value is -1.55. The van der Waals surface area contributed by atoms with Crippen molar-refractivity contribution < 1.29 is 4.79 Å². The summed E-state index contributed by atoms with van der Waals surface area (Å²) in [7, 11) is 0. The van der Waals surface area contributed by atoms with Gasteiger partial charge in [-0.05, 0) is 24.6 Å². The highest BCUT2D eigenvalue weighted by molar-refractivity contribution is 5.96. The maximum atomic E-state index is 11.1. The second-order valence-electron chi connectivity index (χ2n) is 2.49. The third-order valence-electron chi connectivity index (χ3n) is 1.75. The minimum absolute atomic E-state index is 0.320. The SMILES string of the molecule is Cc1c(N)cccc1C(=O)NN. The van der Waals surface area contributed by atoms with Crippen molar-refractivity contribution in [3.63, 3.8) is 0 Å². The highest BCUT2D eigenvalue weighted by atomic mass is 16.2. The van der Waals surface area contributed by atoms with Gasteiger partial charge in [0, 0.05) is 11.3 Å². The van der Waals surface area contributed by atoms with Gasteiger partial charge >= 0.3 is 0 Å². The summed E-state index contributed by atoms with van der Waals surface area (Å²) in [5.74, 6) is 4.66. The molecule has 5 N–H and O–H groups in total. The van der Waals surface area contributed by atoms with E-state index in [1.54, 1.807) is 25.1 Å². The van der Waals surface area contributed by atoms with E-state index in [0.717, 1.165) is 5.56 Å². The van der Waals surface area contributed by atoms with E-state index in [-0.39, 0.29) is 5.91 Å². The topological polar surface area (TPSA) is 81.1 Å². The Balaban J connectivity index is 3.16. The van der Waals surface area contributed by atoms with Crippen LogP contribution in [0.25, 0.3) is 0 Å². The number of carbonyl (C=O) groups is 1. The van der Waals surface area contributed by atoms with Crippen LogP contribution in [0.4, 0.5) is 5.69 Å². The molecule has 1 amide bonds. The molecule has 0 aliphatic carbocycles. The lowest BCUT2D eigenvalue weighted by Crippen LogP contribution is -2.30. The van der Waals surface area contributed by atoms with E-state index in [9.17, 15) is 4.79 Å². The van der Waals surface area contributed by atoms with Crippen molar-refractivity contribution >= 4 is 11.6 Å². The van der Waals surface area contributed by atoms with Crippen molar-refractivity contribution in [3.8, 4) is 0 Å². The zero-order chi connectivity index (χ0) is 9.14. The molecular formula is C8H11N3O. The molecule has 0 saturated carbocycles. The standard InChI is InChI=1S/C8H11N3O/c1-5-6(8(12)11-10)3-2-4-7(5)9/h2-4H,9-10H2,1H3,(H,11,12).